The fraction of sp³-hybridized carbons (Fsp3) is 0.500. The number of carboxylic acid groups (broad SMARTS) is 1. The van der Waals surface area contributed by atoms with Crippen LogP contribution in [0.15, 0.2) is 24.3 Å². The van der Waals surface area contributed by atoms with E-state index < -0.39 is 22.9 Å². The third kappa shape index (κ3) is 2.87. The molecule has 1 aliphatic heterocycles. The summed E-state index contributed by atoms with van der Waals surface area (Å²) in [5.41, 5.74) is -1.53. The Labute approximate surface area is 111 Å². The van der Waals surface area contributed by atoms with Gasteiger partial charge in [-0.05, 0) is 26.0 Å². The molecule has 0 bridgehead atoms. The van der Waals surface area contributed by atoms with Crippen molar-refractivity contribution in [1.29, 1.82) is 0 Å². The molecule has 2 N–H and O–H groups in total. The molecule has 104 valence electrons. The van der Waals surface area contributed by atoms with Crippen LogP contribution in [0.5, 0.6) is 0 Å². The lowest BCUT2D eigenvalue weighted by Crippen LogP contribution is -2.55. The van der Waals surface area contributed by atoms with Gasteiger partial charge in [0, 0.05) is 12.8 Å². The molecule has 2 rings (SSSR count). The fourth-order valence-electron chi connectivity index (χ4n) is 2.53. The van der Waals surface area contributed by atoms with Gasteiger partial charge in [0.05, 0.1) is 17.9 Å². The largest absolute Gasteiger partial charge is 0.480 e. The summed E-state index contributed by atoms with van der Waals surface area (Å²) in [6.45, 7) is 4.01. The number of nitrogens with one attached hydrogen (secondary N) is 1. The number of hydrogen-bond donors (Lipinski definition) is 2. The molecule has 1 atom stereocenters. The van der Waals surface area contributed by atoms with Gasteiger partial charge >= 0.3 is 5.97 Å². The Morgan fingerprint density at radius 2 is 2.11 bits per heavy atom. The van der Waals surface area contributed by atoms with Crippen LogP contribution in [-0.4, -0.2) is 28.8 Å². The number of rotatable bonds is 3. The number of anilines is 1. The number of carbonyl (C=O) groups is 1. The van der Waals surface area contributed by atoms with Crippen LogP contribution in [0.25, 0.3) is 0 Å². The van der Waals surface area contributed by atoms with Crippen molar-refractivity contribution in [3.63, 3.8) is 0 Å². The van der Waals surface area contributed by atoms with Gasteiger partial charge in [-0.3, -0.25) is 0 Å². The molecule has 1 aliphatic rings. The van der Waals surface area contributed by atoms with Gasteiger partial charge in [0.25, 0.3) is 0 Å². The maximum Gasteiger partial charge on any atom is 0.329 e. The highest BCUT2D eigenvalue weighted by molar-refractivity contribution is 5.83. The molecule has 0 spiro atoms. The van der Waals surface area contributed by atoms with Crippen molar-refractivity contribution in [3.05, 3.63) is 30.1 Å². The molecular weight excluding hydrogens is 249 g/mol. The zero-order valence-corrected chi connectivity index (χ0v) is 11.1. The van der Waals surface area contributed by atoms with Crippen molar-refractivity contribution >= 4 is 11.7 Å². The van der Waals surface area contributed by atoms with Crippen LogP contribution in [-0.2, 0) is 9.53 Å². The van der Waals surface area contributed by atoms with Crippen LogP contribution >= 0.6 is 0 Å². The molecule has 1 aromatic carbocycles. The molecule has 19 heavy (non-hydrogen) atoms. The first-order chi connectivity index (χ1) is 8.85. The Balaban J connectivity index is 2.31. The summed E-state index contributed by atoms with van der Waals surface area (Å²) in [6, 6.07) is 6.10. The molecule has 4 nitrogen and oxygen atoms in total. The number of benzene rings is 1. The second-order valence-corrected chi connectivity index (χ2v) is 5.53. The van der Waals surface area contributed by atoms with E-state index in [0.717, 1.165) is 0 Å². The summed E-state index contributed by atoms with van der Waals surface area (Å²) in [5, 5.41) is 12.4. The van der Waals surface area contributed by atoms with E-state index in [9.17, 15) is 14.3 Å². The standard InChI is InChI=1S/C14H18FNO3/c1-13(2)9-14(12(17)18,7-8-19-13)16-11-6-4-3-5-10(11)15/h3-6,16H,7-9H2,1-2H3,(H,17,18). The van der Waals surface area contributed by atoms with Gasteiger partial charge in [-0.25, -0.2) is 9.18 Å². The van der Waals surface area contributed by atoms with Crippen LogP contribution < -0.4 is 5.32 Å². The normalized spacial score (nSPS) is 25.8. The lowest BCUT2D eigenvalue weighted by atomic mass is 9.81. The van der Waals surface area contributed by atoms with Crippen molar-refractivity contribution in [1.82, 2.24) is 0 Å². The Bertz CT molecular complexity index is 489. The van der Waals surface area contributed by atoms with E-state index in [2.05, 4.69) is 5.32 Å². The molecule has 1 aromatic rings. The maximum absolute atomic E-state index is 13.7. The average molecular weight is 267 g/mol. The number of halogens is 1. The summed E-state index contributed by atoms with van der Waals surface area (Å²) in [7, 11) is 0. The summed E-state index contributed by atoms with van der Waals surface area (Å²) >= 11 is 0. The summed E-state index contributed by atoms with van der Waals surface area (Å²) in [4.78, 5) is 11.6. The SMILES string of the molecule is CC1(C)CC(Nc2ccccc2F)(C(=O)O)CCO1. The fourth-order valence-corrected chi connectivity index (χ4v) is 2.53. The van der Waals surface area contributed by atoms with Crippen molar-refractivity contribution in [3.8, 4) is 0 Å². The monoisotopic (exact) mass is 267 g/mol. The lowest BCUT2D eigenvalue weighted by molar-refractivity contribution is -0.152. The first-order valence-electron chi connectivity index (χ1n) is 6.25. The molecule has 1 unspecified atom stereocenters. The molecule has 1 saturated heterocycles. The maximum atomic E-state index is 13.7. The Morgan fingerprint density at radius 3 is 2.68 bits per heavy atom. The molecule has 0 amide bonds. The van der Waals surface area contributed by atoms with E-state index >= 15 is 0 Å². The average Bonchev–Trinajstić information content (AvgIpc) is 2.30. The van der Waals surface area contributed by atoms with Crippen molar-refractivity contribution in [2.24, 2.45) is 0 Å². The highest BCUT2D eigenvalue weighted by Gasteiger charge is 2.47. The summed E-state index contributed by atoms with van der Waals surface area (Å²) in [6.07, 6.45) is 0.587. The molecule has 1 fully saturated rings. The Kier molecular flexibility index (Phi) is 3.49. The number of aliphatic carboxylic acids is 1. The zero-order chi connectivity index (χ0) is 14.1. The van der Waals surface area contributed by atoms with Crippen LogP contribution in [0.1, 0.15) is 26.7 Å². The van der Waals surface area contributed by atoms with Crippen LogP contribution in [0, 0.1) is 5.82 Å². The van der Waals surface area contributed by atoms with E-state index in [4.69, 9.17) is 4.74 Å². The van der Waals surface area contributed by atoms with E-state index in [1.165, 1.54) is 6.07 Å². The van der Waals surface area contributed by atoms with E-state index in [-0.39, 0.29) is 12.1 Å². The summed E-state index contributed by atoms with van der Waals surface area (Å²) < 4.78 is 19.2. The number of hydrogen-bond acceptors (Lipinski definition) is 3. The minimum Gasteiger partial charge on any atom is -0.480 e. The van der Waals surface area contributed by atoms with E-state index in [0.29, 0.717) is 13.0 Å². The van der Waals surface area contributed by atoms with Gasteiger partial charge in [0.1, 0.15) is 11.4 Å². The Morgan fingerprint density at radius 1 is 1.42 bits per heavy atom. The van der Waals surface area contributed by atoms with Crippen molar-refractivity contribution in [2.45, 2.75) is 37.8 Å². The number of carboxylic acids is 1. The van der Waals surface area contributed by atoms with Gasteiger partial charge in [0.2, 0.25) is 0 Å². The van der Waals surface area contributed by atoms with Gasteiger partial charge in [-0.15, -0.1) is 0 Å². The number of ether oxygens (including phenoxy) is 1. The van der Waals surface area contributed by atoms with Crippen molar-refractivity contribution < 1.29 is 19.0 Å². The third-order valence-electron chi connectivity index (χ3n) is 3.41. The summed E-state index contributed by atoms with van der Waals surface area (Å²) in [5.74, 6) is -1.43. The number of para-hydroxylation sites is 1. The molecular formula is C14H18FNO3. The van der Waals surface area contributed by atoms with Crippen molar-refractivity contribution in [2.75, 3.05) is 11.9 Å². The topological polar surface area (TPSA) is 58.6 Å². The quantitative estimate of drug-likeness (QED) is 0.884. The molecule has 5 heteroatoms. The predicted octanol–water partition coefficient (Wildman–Crippen LogP) is 2.65. The third-order valence-corrected chi connectivity index (χ3v) is 3.41. The highest BCUT2D eigenvalue weighted by Crippen LogP contribution is 2.35. The first kappa shape index (κ1) is 13.8. The highest BCUT2D eigenvalue weighted by atomic mass is 19.1. The van der Waals surface area contributed by atoms with Crippen LogP contribution in [0.2, 0.25) is 0 Å². The van der Waals surface area contributed by atoms with Crippen LogP contribution in [0.3, 0.4) is 0 Å². The van der Waals surface area contributed by atoms with Gasteiger partial charge in [0.15, 0.2) is 0 Å². The van der Waals surface area contributed by atoms with Gasteiger partial charge in [-0.1, -0.05) is 12.1 Å². The minimum atomic E-state index is -1.19. The molecule has 0 aliphatic carbocycles. The second kappa shape index (κ2) is 4.81. The lowest BCUT2D eigenvalue weighted by Gasteiger charge is -2.43. The molecule has 1 heterocycles. The minimum absolute atomic E-state index is 0.211. The smallest absolute Gasteiger partial charge is 0.329 e. The van der Waals surface area contributed by atoms with Crippen LogP contribution in [0.4, 0.5) is 10.1 Å². The molecule has 0 radical (unpaired) electrons. The van der Waals surface area contributed by atoms with Gasteiger partial charge < -0.3 is 15.2 Å². The van der Waals surface area contributed by atoms with E-state index in [1.54, 1.807) is 18.2 Å². The van der Waals surface area contributed by atoms with E-state index in [1.807, 2.05) is 13.8 Å². The second-order valence-electron chi connectivity index (χ2n) is 5.53. The zero-order valence-electron chi connectivity index (χ0n) is 11.1. The molecule has 0 aromatic heterocycles. The Hall–Kier alpha value is -1.62. The predicted molar refractivity (Wildman–Crippen MR) is 69.7 cm³/mol. The van der Waals surface area contributed by atoms with Gasteiger partial charge in [-0.2, -0.15) is 0 Å². The molecule has 0 saturated carbocycles. The first-order valence-corrected chi connectivity index (χ1v) is 6.25.